The first-order chi connectivity index (χ1) is 6.48. The number of primary amides is 1. The van der Waals surface area contributed by atoms with Gasteiger partial charge in [-0.05, 0) is 33.7 Å². The molecule has 0 unspecified atom stereocenters. The average Bonchev–Trinajstić information content (AvgIpc) is 2.17. The monoisotopic (exact) mass is 199 g/mol. The number of carbonyl (C=O) groups excluding carboxylic acids is 1. The van der Waals surface area contributed by atoms with Gasteiger partial charge in [0.15, 0.2) is 0 Å². The molecule has 1 aliphatic rings. The zero-order valence-electron chi connectivity index (χ0n) is 9.34. The maximum Gasteiger partial charge on any atom is 0.237 e. The van der Waals surface area contributed by atoms with E-state index in [0.29, 0.717) is 6.04 Å². The van der Waals surface area contributed by atoms with Gasteiger partial charge in [0, 0.05) is 19.1 Å². The summed E-state index contributed by atoms with van der Waals surface area (Å²) >= 11 is 0. The predicted octanol–water partition coefficient (Wildman–Crippen LogP) is -0.0659. The third kappa shape index (κ3) is 2.25. The lowest BCUT2D eigenvalue weighted by molar-refractivity contribution is -0.129. The Hall–Kier alpha value is -0.610. The van der Waals surface area contributed by atoms with E-state index >= 15 is 0 Å². The second-order valence-electron chi connectivity index (χ2n) is 4.47. The molecule has 1 aliphatic heterocycles. The third-order valence-corrected chi connectivity index (χ3v) is 3.30. The van der Waals surface area contributed by atoms with Crippen molar-refractivity contribution in [3.8, 4) is 0 Å². The molecule has 1 saturated heterocycles. The molecule has 1 heterocycles. The minimum atomic E-state index is -0.501. The number of piperidine rings is 1. The van der Waals surface area contributed by atoms with E-state index in [9.17, 15) is 4.79 Å². The standard InChI is InChI=1S/C10H21N3O/c1-10(2,9(11)14)13-6-4-8(12-3)5-7-13/h8,12H,4-7H2,1-3H3,(H2,11,14). The summed E-state index contributed by atoms with van der Waals surface area (Å²) in [7, 11) is 1.99. The Morgan fingerprint density at radius 2 is 1.93 bits per heavy atom. The minimum absolute atomic E-state index is 0.236. The molecule has 4 nitrogen and oxygen atoms in total. The molecule has 0 atom stereocenters. The van der Waals surface area contributed by atoms with Gasteiger partial charge in [-0.25, -0.2) is 0 Å². The summed E-state index contributed by atoms with van der Waals surface area (Å²) in [5, 5.41) is 3.26. The molecule has 14 heavy (non-hydrogen) atoms. The van der Waals surface area contributed by atoms with Gasteiger partial charge in [0.2, 0.25) is 5.91 Å². The minimum Gasteiger partial charge on any atom is -0.368 e. The number of rotatable bonds is 3. The van der Waals surface area contributed by atoms with Crippen molar-refractivity contribution in [2.75, 3.05) is 20.1 Å². The molecule has 4 heteroatoms. The Balaban J connectivity index is 2.53. The zero-order valence-corrected chi connectivity index (χ0v) is 9.34. The molecule has 1 rings (SSSR count). The van der Waals surface area contributed by atoms with Crippen LogP contribution in [0.3, 0.4) is 0 Å². The largest absolute Gasteiger partial charge is 0.368 e. The number of nitrogens with zero attached hydrogens (tertiary/aromatic N) is 1. The Morgan fingerprint density at radius 3 is 2.29 bits per heavy atom. The molecule has 0 radical (unpaired) electrons. The van der Waals surface area contributed by atoms with Crippen LogP contribution in [0.15, 0.2) is 0 Å². The summed E-state index contributed by atoms with van der Waals surface area (Å²) in [5.74, 6) is -0.236. The summed E-state index contributed by atoms with van der Waals surface area (Å²) in [6.07, 6.45) is 2.18. The molecule has 0 aromatic heterocycles. The first kappa shape index (κ1) is 11.5. The van der Waals surface area contributed by atoms with Crippen LogP contribution in [-0.2, 0) is 4.79 Å². The number of hydrogen-bond donors (Lipinski definition) is 2. The van der Waals surface area contributed by atoms with E-state index in [1.165, 1.54) is 0 Å². The molecule has 0 spiro atoms. The summed E-state index contributed by atoms with van der Waals surface area (Å²) in [6, 6.07) is 0.593. The Kier molecular flexibility index (Phi) is 3.50. The van der Waals surface area contributed by atoms with Gasteiger partial charge in [0.1, 0.15) is 0 Å². The molecule has 0 bridgehead atoms. The summed E-state index contributed by atoms with van der Waals surface area (Å²) in [5.41, 5.74) is 4.87. The molecule has 1 fully saturated rings. The van der Waals surface area contributed by atoms with Crippen LogP contribution in [0.1, 0.15) is 26.7 Å². The van der Waals surface area contributed by atoms with Crippen LogP contribution in [0, 0.1) is 0 Å². The van der Waals surface area contributed by atoms with Crippen LogP contribution in [0.2, 0.25) is 0 Å². The lowest BCUT2D eigenvalue weighted by atomic mass is 9.96. The lowest BCUT2D eigenvalue weighted by Gasteiger charge is -2.40. The van der Waals surface area contributed by atoms with Crippen LogP contribution in [0.4, 0.5) is 0 Å². The highest BCUT2D eigenvalue weighted by Gasteiger charge is 2.34. The number of hydrogen-bond acceptors (Lipinski definition) is 3. The van der Waals surface area contributed by atoms with E-state index in [-0.39, 0.29) is 5.91 Å². The predicted molar refractivity (Wildman–Crippen MR) is 56.9 cm³/mol. The highest BCUT2D eigenvalue weighted by atomic mass is 16.1. The van der Waals surface area contributed by atoms with Gasteiger partial charge >= 0.3 is 0 Å². The molecular formula is C10H21N3O. The van der Waals surface area contributed by atoms with Gasteiger partial charge < -0.3 is 11.1 Å². The second kappa shape index (κ2) is 4.28. The highest BCUT2D eigenvalue weighted by Crippen LogP contribution is 2.20. The van der Waals surface area contributed by atoms with E-state index in [1.807, 2.05) is 20.9 Å². The van der Waals surface area contributed by atoms with E-state index in [1.54, 1.807) is 0 Å². The number of nitrogens with one attached hydrogen (secondary N) is 1. The van der Waals surface area contributed by atoms with E-state index in [2.05, 4.69) is 10.2 Å². The first-order valence-corrected chi connectivity index (χ1v) is 5.20. The van der Waals surface area contributed by atoms with E-state index < -0.39 is 5.54 Å². The smallest absolute Gasteiger partial charge is 0.237 e. The van der Waals surface area contributed by atoms with E-state index in [4.69, 9.17) is 5.73 Å². The Morgan fingerprint density at radius 1 is 1.43 bits per heavy atom. The molecule has 3 N–H and O–H groups in total. The van der Waals surface area contributed by atoms with Crippen molar-refractivity contribution in [2.45, 2.75) is 38.3 Å². The quantitative estimate of drug-likeness (QED) is 0.669. The molecule has 0 aromatic rings. The van der Waals surface area contributed by atoms with Crippen molar-refractivity contribution < 1.29 is 4.79 Å². The van der Waals surface area contributed by atoms with Crippen LogP contribution in [-0.4, -0.2) is 42.5 Å². The van der Waals surface area contributed by atoms with Crippen molar-refractivity contribution in [2.24, 2.45) is 5.73 Å². The van der Waals surface area contributed by atoms with Gasteiger partial charge in [-0.3, -0.25) is 9.69 Å². The van der Waals surface area contributed by atoms with Gasteiger partial charge in [0.05, 0.1) is 5.54 Å². The van der Waals surface area contributed by atoms with Crippen molar-refractivity contribution in [3.05, 3.63) is 0 Å². The lowest BCUT2D eigenvalue weighted by Crippen LogP contribution is -2.57. The fraction of sp³-hybridized carbons (Fsp3) is 0.900. The van der Waals surface area contributed by atoms with Gasteiger partial charge in [-0.1, -0.05) is 0 Å². The molecule has 0 aromatic carbocycles. The summed E-state index contributed by atoms with van der Waals surface area (Å²) < 4.78 is 0. The zero-order chi connectivity index (χ0) is 10.8. The second-order valence-corrected chi connectivity index (χ2v) is 4.47. The number of likely N-dealkylation sites (tertiary alicyclic amines) is 1. The fourth-order valence-corrected chi connectivity index (χ4v) is 1.88. The normalized spacial score (nSPS) is 21.1. The van der Waals surface area contributed by atoms with Crippen LogP contribution in [0.25, 0.3) is 0 Å². The fourth-order valence-electron chi connectivity index (χ4n) is 1.88. The molecule has 82 valence electrons. The van der Waals surface area contributed by atoms with Crippen molar-refractivity contribution in [1.29, 1.82) is 0 Å². The van der Waals surface area contributed by atoms with Crippen LogP contribution in [0.5, 0.6) is 0 Å². The van der Waals surface area contributed by atoms with Gasteiger partial charge in [-0.2, -0.15) is 0 Å². The van der Waals surface area contributed by atoms with Crippen molar-refractivity contribution in [1.82, 2.24) is 10.2 Å². The van der Waals surface area contributed by atoms with Gasteiger partial charge in [-0.15, -0.1) is 0 Å². The Labute approximate surface area is 85.8 Å². The van der Waals surface area contributed by atoms with Crippen LogP contribution >= 0.6 is 0 Å². The number of amides is 1. The average molecular weight is 199 g/mol. The molecule has 0 aliphatic carbocycles. The van der Waals surface area contributed by atoms with Crippen LogP contribution < -0.4 is 11.1 Å². The summed E-state index contributed by atoms with van der Waals surface area (Å²) in [6.45, 7) is 5.69. The number of nitrogens with two attached hydrogens (primary N) is 1. The molecule has 0 saturated carbocycles. The molecule has 1 amide bonds. The van der Waals surface area contributed by atoms with E-state index in [0.717, 1.165) is 25.9 Å². The first-order valence-electron chi connectivity index (χ1n) is 5.20. The Bertz CT molecular complexity index is 207. The van der Waals surface area contributed by atoms with Gasteiger partial charge in [0.25, 0.3) is 0 Å². The third-order valence-electron chi connectivity index (χ3n) is 3.30. The maximum absolute atomic E-state index is 11.2. The van der Waals surface area contributed by atoms with Crippen molar-refractivity contribution in [3.63, 3.8) is 0 Å². The highest BCUT2D eigenvalue weighted by molar-refractivity contribution is 5.83. The summed E-state index contributed by atoms with van der Waals surface area (Å²) in [4.78, 5) is 13.4. The molecular weight excluding hydrogens is 178 g/mol. The number of carbonyl (C=O) groups is 1. The topological polar surface area (TPSA) is 58.4 Å². The van der Waals surface area contributed by atoms with Crippen molar-refractivity contribution >= 4 is 5.91 Å². The maximum atomic E-state index is 11.2. The SMILES string of the molecule is CNC1CCN(C(C)(C)C(N)=O)CC1.